The number of anilines is 2. The first kappa shape index (κ1) is 22.4. The Bertz CT molecular complexity index is 945. The van der Waals surface area contributed by atoms with E-state index in [4.69, 9.17) is 4.74 Å². The number of carbonyl (C=O) groups excluding carboxylic acids is 1. The van der Waals surface area contributed by atoms with Crippen molar-refractivity contribution in [3.8, 4) is 5.75 Å². The Balaban J connectivity index is 2.17. The lowest BCUT2D eigenvalue weighted by Gasteiger charge is -2.12. The van der Waals surface area contributed by atoms with E-state index in [2.05, 4.69) is 10.6 Å². The molecule has 0 aliphatic carbocycles. The highest BCUT2D eigenvalue weighted by Gasteiger charge is 2.37. The van der Waals surface area contributed by atoms with Crippen molar-refractivity contribution < 1.29 is 32.5 Å². The van der Waals surface area contributed by atoms with Crippen molar-refractivity contribution in [2.75, 3.05) is 23.8 Å². The predicted molar refractivity (Wildman–Crippen MR) is 99.5 cm³/mol. The van der Waals surface area contributed by atoms with Crippen molar-refractivity contribution in [3.05, 3.63) is 62.2 Å². The fourth-order valence-electron chi connectivity index (χ4n) is 2.46. The van der Waals surface area contributed by atoms with Crippen LogP contribution in [-0.2, 0) is 11.0 Å². The third-order valence-corrected chi connectivity index (χ3v) is 3.64. The van der Waals surface area contributed by atoms with Crippen molar-refractivity contribution in [2.24, 2.45) is 0 Å². The van der Waals surface area contributed by atoms with Crippen LogP contribution in [0.4, 0.5) is 35.9 Å². The number of hydrogen-bond donors (Lipinski definition) is 2. The van der Waals surface area contributed by atoms with Crippen LogP contribution in [0.15, 0.2) is 36.4 Å². The van der Waals surface area contributed by atoms with Crippen molar-refractivity contribution in [1.29, 1.82) is 0 Å². The molecule has 2 aromatic rings. The summed E-state index contributed by atoms with van der Waals surface area (Å²) in [7, 11) is 0. The molecule has 2 N–H and O–H groups in total. The number of nitrogens with one attached hydrogen (secondary N) is 2. The molecule has 0 radical (unpaired) electrons. The van der Waals surface area contributed by atoms with Crippen molar-refractivity contribution in [1.82, 2.24) is 0 Å². The molecule has 0 unspecified atom stereocenters. The zero-order chi connectivity index (χ0) is 22.5. The van der Waals surface area contributed by atoms with Crippen LogP contribution >= 0.6 is 0 Å². The second kappa shape index (κ2) is 9.07. The fraction of sp³-hybridized carbons (Fsp3) is 0.235. The normalized spacial score (nSPS) is 10.9. The van der Waals surface area contributed by atoms with Gasteiger partial charge < -0.3 is 15.4 Å². The number of nitro groups is 2. The number of amides is 1. The number of benzene rings is 2. The Labute approximate surface area is 166 Å². The van der Waals surface area contributed by atoms with E-state index >= 15 is 0 Å². The molecule has 30 heavy (non-hydrogen) atoms. The van der Waals surface area contributed by atoms with Crippen molar-refractivity contribution in [2.45, 2.75) is 13.1 Å². The summed E-state index contributed by atoms with van der Waals surface area (Å²) in [6, 6.07) is 6.74. The maximum atomic E-state index is 12.9. The summed E-state index contributed by atoms with van der Waals surface area (Å²) in [5.74, 6) is 0.0372. The second-order valence-corrected chi connectivity index (χ2v) is 5.89. The summed E-state index contributed by atoms with van der Waals surface area (Å²) in [6.45, 7) is 1.01. The van der Waals surface area contributed by atoms with E-state index in [0.29, 0.717) is 11.4 Å². The molecule has 0 aromatic heterocycles. The molecular weight excluding hydrogens is 413 g/mol. The Kier molecular flexibility index (Phi) is 6.77. The Morgan fingerprint density at radius 2 is 1.70 bits per heavy atom. The molecule has 13 heteroatoms. The molecule has 0 aliphatic rings. The fourth-order valence-corrected chi connectivity index (χ4v) is 2.46. The van der Waals surface area contributed by atoms with Gasteiger partial charge in [-0.1, -0.05) is 6.07 Å². The van der Waals surface area contributed by atoms with Gasteiger partial charge in [0, 0.05) is 37.4 Å². The maximum Gasteiger partial charge on any atom is 0.416 e. The first-order chi connectivity index (χ1) is 14.0. The van der Waals surface area contributed by atoms with Gasteiger partial charge in [0.2, 0.25) is 5.91 Å². The molecule has 0 atom stereocenters. The zero-order valence-corrected chi connectivity index (χ0v) is 15.4. The van der Waals surface area contributed by atoms with E-state index in [0.717, 1.165) is 0 Å². The van der Waals surface area contributed by atoms with Crippen molar-refractivity contribution in [3.63, 3.8) is 0 Å². The summed E-state index contributed by atoms with van der Waals surface area (Å²) < 4.78 is 44.1. The van der Waals surface area contributed by atoms with E-state index < -0.39 is 38.6 Å². The van der Waals surface area contributed by atoms with Crippen LogP contribution in [0.5, 0.6) is 5.75 Å². The second-order valence-electron chi connectivity index (χ2n) is 5.89. The molecule has 0 bridgehead atoms. The summed E-state index contributed by atoms with van der Waals surface area (Å²) >= 11 is 0. The molecule has 2 rings (SSSR count). The molecule has 0 fully saturated rings. The highest BCUT2D eigenvalue weighted by molar-refractivity contribution is 5.88. The lowest BCUT2D eigenvalue weighted by Crippen LogP contribution is -2.15. The zero-order valence-electron chi connectivity index (χ0n) is 15.4. The van der Waals surface area contributed by atoms with Crippen LogP contribution in [0.25, 0.3) is 0 Å². The smallest absolute Gasteiger partial charge is 0.416 e. The Hall–Kier alpha value is -3.90. The number of hydrogen-bond acceptors (Lipinski definition) is 7. The number of nitrogens with zero attached hydrogens (tertiary/aromatic N) is 2. The monoisotopic (exact) mass is 428 g/mol. The maximum absolute atomic E-state index is 12.9. The average Bonchev–Trinajstić information content (AvgIpc) is 2.63. The van der Waals surface area contributed by atoms with E-state index in [1.165, 1.54) is 13.0 Å². The van der Waals surface area contributed by atoms with Crippen LogP contribution in [0.3, 0.4) is 0 Å². The third-order valence-electron chi connectivity index (χ3n) is 3.64. The first-order valence-electron chi connectivity index (χ1n) is 8.27. The molecule has 0 spiro atoms. The molecule has 160 valence electrons. The molecule has 0 heterocycles. The van der Waals surface area contributed by atoms with Gasteiger partial charge in [0.05, 0.1) is 15.4 Å². The Morgan fingerprint density at radius 3 is 2.20 bits per heavy atom. The topological polar surface area (TPSA) is 137 Å². The molecular formula is C17H15F3N4O6. The van der Waals surface area contributed by atoms with Crippen LogP contribution in [0.2, 0.25) is 0 Å². The van der Waals surface area contributed by atoms with Gasteiger partial charge in [-0.3, -0.25) is 25.0 Å². The first-order valence-corrected chi connectivity index (χ1v) is 8.27. The number of alkyl halides is 3. The number of nitro benzene ring substituents is 2. The van der Waals surface area contributed by atoms with Gasteiger partial charge in [-0.2, -0.15) is 13.2 Å². The standard InChI is InChI=1S/C17H15F3N4O6/c1-10(25)22-12-3-2-4-13(9-12)30-6-5-21-16-14(23(26)27)7-11(17(18,19)20)8-15(16)24(28)29/h2-4,7-9,21H,5-6H2,1H3,(H,22,25). The summed E-state index contributed by atoms with van der Waals surface area (Å²) in [6.07, 6.45) is -4.99. The SMILES string of the molecule is CC(=O)Nc1cccc(OCCNc2c([N+](=O)[O-])cc(C(F)(F)F)cc2[N+](=O)[O-])c1. The minimum atomic E-state index is -4.99. The van der Waals surface area contributed by atoms with Gasteiger partial charge >= 0.3 is 6.18 Å². The number of carbonyl (C=O) groups is 1. The van der Waals surface area contributed by atoms with Gasteiger partial charge in [0.25, 0.3) is 11.4 Å². The summed E-state index contributed by atoms with van der Waals surface area (Å²) in [4.78, 5) is 31.1. The third kappa shape index (κ3) is 5.80. The molecule has 0 saturated heterocycles. The molecule has 2 aromatic carbocycles. The van der Waals surface area contributed by atoms with E-state index in [1.807, 2.05) is 0 Å². The van der Waals surface area contributed by atoms with Gasteiger partial charge in [0.15, 0.2) is 5.69 Å². The molecule has 0 aliphatic heterocycles. The molecule has 0 saturated carbocycles. The van der Waals surface area contributed by atoms with Crippen LogP contribution in [-0.4, -0.2) is 28.9 Å². The quantitative estimate of drug-likeness (QED) is 0.369. The predicted octanol–water partition coefficient (Wildman–Crippen LogP) is 3.97. The number of rotatable bonds is 8. The number of halogens is 3. The number of ether oxygens (including phenoxy) is 1. The van der Waals surface area contributed by atoms with E-state index in [-0.39, 0.29) is 31.2 Å². The highest BCUT2D eigenvalue weighted by atomic mass is 19.4. The largest absolute Gasteiger partial charge is 0.492 e. The summed E-state index contributed by atoms with van der Waals surface area (Å²) in [5.41, 5.74) is -3.86. The Morgan fingerprint density at radius 1 is 1.10 bits per heavy atom. The minimum Gasteiger partial charge on any atom is -0.492 e. The molecule has 10 nitrogen and oxygen atoms in total. The minimum absolute atomic E-state index is 0.126. The van der Waals surface area contributed by atoms with Crippen LogP contribution in [0.1, 0.15) is 12.5 Å². The van der Waals surface area contributed by atoms with E-state index in [1.54, 1.807) is 18.2 Å². The highest BCUT2D eigenvalue weighted by Crippen LogP contribution is 2.41. The van der Waals surface area contributed by atoms with Gasteiger partial charge in [0.1, 0.15) is 12.4 Å². The van der Waals surface area contributed by atoms with Gasteiger partial charge in [-0.25, -0.2) is 0 Å². The lowest BCUT2D eigenvalue weighted by atomic mass is 10.1. The average molecular weight is 428 g/mol. The van der Waals surface area contributed by atoms with Crippen LogP contribution < -0.4 is 15.4 Å². The summed E-state index contributed by atoms with van der Waals surface area (Å²) in [5, 5.41) is 27.3. The van der Waals surface area contributed by atoms with Gasteiger partial charge in [-0.05, 0) is 12.1 Å². The molecule has 1 amide bonds. The van der Waals surface area contributed by atoms with Crippen LogP contribution in [0, 0.1) is 20.2 Å². The van der Waals surface area contributed by atoms with Crippen molar-refractivity contribution >= 4 is 28.7 Å². The lowest BCUT2D eigenvalue weighted by molar-refractivity contribution is -0.392. The van der Waals surface area contributed by atoms with E-state index in [9.17, 15) is 38.2 Å². The van der Waals surface area contributed by atoms with Gasteiger partial charge in [-0.15, -0.1) is 0 Å².